The highest BCUT2D eigenvalue weighted by molar-refractivity contribution is 7.92. The van der Waals surface area contributed by atoms with Gasteiger partial charge in [0, 0.05) is 22.1 Å². The van der Waals surface area contributed by atoms with Gasteiger partial charge in [-0.2, -0.15) is 0 Å². The molecule has 3 rings (SSSR count). The summed E-state index contributed by atoms with van der Waals surface area (Å²) in [5.74, 6) is -0.528. The Balaban J connectivity index is 1.65. The van der Waals surface area contributed by atoms with Crippen molar-refractivity contribution in [2.45, 2.75) is 4.90 Å². The van der Waals surface area contributed by atoms with Crippen molar-refractivity contribution in [3.05, 3.63) is 82.6 Å². The number of rotatable bonds is 5. The lowest BCUT2D eigenvalue weighted by Gasteiger charge is -2.12. The van der Waals surface area contributed by atoms with Gasteiger partial charge in [0.1, 0.15) is 5.82 Å². The fourth-order valence-electron chi connectivity index (χ4n) is 2.32. The predicted molar refractivity (Wildman–Crippen MR) is 120 cm³/mol. The van der Waals surface area contributed by atoms with Crippen molar-refractivity contribution in [1.29, 1.82) is 0 Å². The molecule has 0 aliphatic carbocycles. The molecular formula is C19H14Cl2FN3O2S2. The van der Waals surface area contributed by atoms with Gasteiger partial charge in [0.2, 0.25) is 0 Å². The Hall–Kier alpha value is -2.39. The van der Waals surface area contributed by atoms with Crippen molar-refractivity contribution in [2.75, 3.05) is 15.4 Å². The summed E-state index contributed by atoms with van der Waals surface area (Å²) in [7, 11) is -3.75. The van der Waals surface area contributed by atoms with Crippen LogP contribution in [0, 0.1) is 5.82 Å². The zero-order valence-corrected chi connectivity index (χ0v) is 17.8. The highest BCUT2D eigenvalue weighted by Crippen LogP contribution is 2.21. The van der Waals surface area contributed by atoms with Crippen molar-refractivity contribution in [3.63, 3.8) is 0 Å². The largest absolute Gasteiger partial charge is 0.332 e. The van der Waals surface area contributed by atoms with Crippen molar-refractivity contribution in [1.82, 2.24) is 0 Å². The molecule has 3 aromatic rings. The van der Waals surface area contributed by atoms with Gasteiger partial charge in [0.25, 0.3) is 10.0 Å². The molecule has 0 bridgehead atoms. The van der Waals surface area contributed by atoms with Gasteiger partial charge >= 0.3 is 0 Å². The summed E-state index contributed by atoms with van der Waals surface area (Å²) in [6.07, 6.45) is 0. The van der Waals surface area contributed by atoms with Crippen molar-refractivity contribution >= 4 is 67.6 Å². The minimum absolute atomic E-state index is 0.0273. The van der Waals surface area contributed by atoms with Crippen LogP contribution in [0.1, 0.15) is 0 Å². The number of nitrogens with one attached hydrogen (secondary N) is 3. The molecule has 3 aromatic carbocycles. The molecule has 3 N–H and O–H groups in total. The Kier molecular flexibility index (Phi) is 6.59. The topological polar surface area (TPSA) is 70.2 Å². The van der Waals surface area contributed by atoms with E-state index in [0.29, 0.717) is 22.1 Å². The Labute approximate surface area is 182 Å². The van der Waals surface area contributed by atoms with E-state index >= 15 is 0 Å². The molecule has 0 aromatic heterocycles. The van der Waals surface area contributed by atoms with Crippen LogP contribution in [-0.4, -0.2) is 13.5 Å². The van der Waals surface area contributed by atoms with E-state index in [4.69, 9.17) is 35.4 Å². The van der Waals surface area contributed by atoms with E-state index < -0.39 is 15.8 Å². The average molecular weight is 470 g/mol. The lowest BCUT2D eigenvalue weighted by atomic mass is 10.3. The summed E-state index contributed by atoms with van der Waals surface area (Å²) in [5, 5.41) is 6.50. The second-order valence-electron chi connectivity index (χ2n) is 5.84. The number of benzene rings is 3. The van der Waals surface area contributed by atoms with Crippen LogP contribution in [0.2, 0.25) is 10.0 Å². The summed E-state index contributed by atoms with van der Waals surface area (Å²) in [6.45, 7) is 0. The van der Waals surface area contributed by atoms with Gasteiger partial charge < -0.3 is 10.6 Å². The number of hydrogen-bond donors (Lipinski definition) is 3. The summed E-state index contributed by atoms with van der Waals surface area (Å²) >= 11 is 16.7. The highest BCUT2D eigenvalue weighted by atomic mass is 35.5. The molecule has 29 heavy (non-hydrogen) atoms. The van der Waals surface area contributed by atoms with Crippen LogP contribution in [0.3, 0.4) is 0 Å². The monoisotopic (exact) mass is 469 g/mol. The first-order chi connectivity index (χ1) is 13.7. The number of sulfonamides is 1. The molecule has 150 valence electrons. The number of hydrogen-bond acceptors (Lipinski definition) is 3. The second-order valence-corrected chi connectivity index (χ2v) is 8.78. The zero-order valence-electron chi connectivity index (χ0n) is 14.6. The summed E-state index contributed by atoms with van der Waals surface area (Å²) in [4.78, 5) is 0.0854. The molecule has 0 fully saturated rings. The van der Waals surface area contributed by atoms with E-state index in [0.717, 1.165) is 0 Å². The molecule has 0 spiro atoms. The minimum atomic E-state index is -3.75. The number of halogens is 3. The van der Waals surface area contributed by atoms with Gasteiger partial charge in [0.15, 0.2) is 5.11 Å². The third kappa shape index (κ3) is 5.80. The van der Waals surface area contributed by atoms with Gasteiger partial charge in [-0.1, -0.05) is 23.2 Å². The third-order valence-corrected chi connectivity index (χ3v) is 5.84. The van der Waals surface area contributed by atoms with Gasteiger partial charge in [-0.25, -0.2) is 12.8 Å². The summed E-state index contributed by atoms with van der Waals surface area (Å²) in [5.41, 5.74) is 1.49. The van der Waals surface area contributed by atoms with Crippen LogP contribution in [0.4, 0.5) is 21.5 Å². The second kappa shape index (κ2) is 8.96. The van der Waals surface area contributed by atoms with Crippen LogP contribution in [-0.2, 0) is 10.0 Å². The highest BCUT2D eigenvalue weighted by Gasteiger charge is 2.14. The molecule has 0 amide bonds. The van der Waals surface area contributed by atoms with Gasteiger partial charge in [-0.05, 0) is 78.9 Å². The maximum Gasteiger partial charge on any atom is 0.261 e. The molecule has 0 saturated heterocycles. The van der Waals surface area contributed by atoms with Crippen molar-refractivity contribution in [3.8, 4) is 0 Å². The van der Waals surface area contributed by atoms with Crippen LogP contribution in [0.15, 0.2) is 71.6 Å². The van der Waals surface area contributed by atoms with Gasteiger partial charge in [0.05, 0.1) is 9.92 Å². The minimum Gasteiger partial charge on any atom is -0.332 e. The Morgan fingerprint density at radius 1 is 0.828 bits per heavy atom. The molecule has 0 aliphatic heterocycles. The first kappa shape index (κ1) is 21.3. The van der Waals surface area contributed by atoms with Gasteiger partial charge in [-0.15, -0.1) is 0 Å². The van der Waals surface area contributed by atoms with Crippen LogP contribution >= 0.6 is 35.4 Å². The molecule has 0 atom stereocenters. The standard InChI is InChI=1S/C19H14Cl2FN3O2S2/c20-12-1-3-14(4-2-12)25-29(26,27)16-8-5-13(6-9-16)23-19(28)24-15-7-10-18(22)17(21)11-15/h1-11,25H,(H2,23,24,28). The molecule has 0 radical (unpaired) electrons. The fourth-order valence-corrected chi connectivity index (χ4v) is 3.92. The number of thiocarbonyl (C=S) groups is 1. The smallest absolute Gasteiger partial charge is 0.261 e. The molecule has 5 nitrogen and oxygen atoms in total. The molecule has 0 unspecified atom stereocenters. The van der Waals surface area contributed by atoms with E-state index in [1.165, 1.54) is 30.3 Å². The Morgan fingerprint density at radius 2 is 1.38 bits per heavy atom. The van der Waals surface area contributed by atoms with E-state index in [1.54, 1.807) is 36.4 Å². The first-order valence-electron chi connectivity index (χ1n) is 8.14. The third-order valence-electron chi connectivity index (χ3n) is 3.70. The van der Waals surface area contributed by atoms with Crippen LogP contribution in [0.25, 0.3) is 0 Å². The SMILES string of the molecule is O=S(=O)(Nc1ccc(Cl)cc1)c1ccc(NC(=S)Nc2ccc(F)c(Cl)c2)cc1. The maximum atomic E-state index is 13.2. The number of anilines is 3. The molecule has 0 aliphatic rings. The summed E-state index contributed by atoms with van der Waals surface area (Å²) < 4.78 is 40.6. The molecule has 0 saturated carbocycles. The van der Waals surface area contributed by atoms with Crippen LogP contribution in [0.5, 0.6) is 0 Å². The van der Waals surface area contributed by atoms with Gasteiger partial charge in [-0.3, -0.25) is 4.72 Å². The van der Waals surface area contributed by atoms with Crippen molar-refractivity contribution in [2.24, 2.45) is 0 Å². The summed E-state index contributed by atoms with van der Waals surface area (Å²) in [6, 6.07) is 16.5. The normalized spacial score (nSPS) is 11.0. The first-order valence-corrected chi connectivity index (χ1v) is 10.8. The van der Waals surface area contributed by atoms with Crippen molar-refractivity contribution < 1.29 is 12.8 Å². The Morgan fingerprint density at radius 3 is 2.00 bits per heavy atom. The molecule has 10 heteroatoms. The average Bonchev–Trinajstić information content (AvgIpc) is 2.67. The van der Waals surface area contributed by atoms with Crippen LogP contribution < -0.4 is 15.4 Å². The maximum absolute atomic E-state index is 13.2. The zero-order chi connectivity index (χ0) is 21.0. The fraction of sp³-hybridized carbons (Fsp3) is 0. The molecular weight excluding hydrogens is 456 g/mol. The molecule has 0 heterocycles. The Bertz CT molecular complexity index is 1140. The van der Waals surface area contributed by atoms with E-state index in [1.807, 2.05) is 0 Å². The quantitative estimate of drug-likeness (QED) is 0.415. The van der Waals surface area contributed by atoms with E-state index in [-0.39, 0.29) is 15.0 Å². The van der Waals surface area contributed by atoms with E-state index in [9.17, 15) is 12.8 Å². The van der Waals surface area contributed by atoms with E-state index in [2.05, 4.69) is 15.4 Å². The lowest BCUT2D eigenvalue weighted by molar-refractivity contribution is 0.601. The lowest BCUT2D eigenvalue weighted by Crippen LogP contribution is -2.19. The predicted octanol–water partition coefficient (Wildman–Crippen LogP) is 5.74.